The Balaban J connectivity index is 1.74. The van der Waals surface area contributed by atoms with Gasteiger partial charge in [0.1, 0.15) is 36.3 Å². The van der Waals surface area contributed by atoms with E-state index in [2.05, 4.69) is 0 Å². The van der Waals surface area contributed by atoms with E-state index in [0.29, 0.717) is 16.3 Å². The van der Waals surface area contributed by atoms with Crippen LogP contribution in [0.3, 0.4) is 0 Å². The maximum Gasteiger partial charge on any atom is 0.138 e. The lowest BCUT2D eigenvalue weighted by Gasteiger charge is -2.40. The second-order valence-electron chi connectivity index (χ2n) is 7.19. The van der Waals surface area contributed by atoms with Crippen LogP contribution in [-0.2, 0) is 9.47 Å². The van der Waals surface area contributed by atoms with E-state index >= 15 is 0 Å². The van der Waals surface area contributed by atoms with Gasteiger partial charge in [-0.3, -0.25) is 0 Å². The minimum atomic E-state index is -1.43. The van der Waals surface area contributed by atoms with Crippen LogP contribution in [0, 0.1) is 0 Å². The largest absolute Gasteiger partial charge is 0.489 e. The van der Waals surface area contributed by atoms with Gasteiger partial charge >= 0.3 is 0 Å². The Labute approximate surface area is 163 Å². The predicted molar refractivity (Wildman–Crippen MR) is 97.9 cm³/mol. The zero-order valence-corrected chi connectivity index (χ0v) is 16.0. The van der Waals surface area contributed by atoms with Gasteiger partial charge in [-0.15, -0.1) is 0 Å². The molecule has 0 spiro atoms. The lowest BCUT2D eigenvalue weighted by atomic mass is 9.91. The molecular formula is C19H27ClO7. The number of aliphatic hydroxyl groups is 4. The van der Waals surface area contributed by atoms with E-state index < -0.39 is 37.1 Å². The van der Waals surface area contributed by atoms with E-state index in [1.165, 1.54) is 0 Å². The van der Waals surface area contributed by atoms with Gasteiger partial charge in [0, 0.05) is 7.11 Å². The molecule has 1 aromatic rings. The maximum atomic E-state index is 10.3. The summed E-state index contributed by atoms with van der Waals surface area (Å²) in [6, 6.07) is 5.00. The summed E-state index contributed by atoms with van der Waals surface area (Å²) in [5.74, 6) is 0.479. The molecule has 2 aliphatic rings. The molecule has 4 N–H and O–H groups in total. The molecule has 7 nitrogen and oxygen atoms in total. The summed E-state index contributed by atoms with van der Waals surface area (Å²) in [5.41, 5.74) is 0.553. The molecule has 1 aromatic carbocycles. The van der Waals surface area contributed by atoms with Gasteiger partial charge in [0.15, 0.2) is 0 Å². The SMILES string of the molecule is CO[C@H]1CC[C@H](Oc2cc([C@@H]3O[C@H](CO)[C@@H](O)[C@H](O)[C@H]3O)ccc2Cl)CC1. The average Bonchev–Trinajstić information content (AvgIpc) is 2.69. The van der Waals surface area contributed by atoms with Crippen molar-refractivity contribution in [1.29, 1.82) is 0 Å². The van der Waals surface area contributed by atoms with Gasteiger partial charge in [0.05, 0.1) is 23.8 Å². The Hall–Kier alpha value is -0.930. The number of aliphatic hydroxyl groups excluding tert-OH is 4. The van der Waals surface area contributed by atoms with Gasteiger partial charge in [-0.25, -0.2) is 0 Å². The standard InChI is InChI=1S/C19H27ClO7/c1-25-11-3-5-12(6-4-11)26-14-8-10(2-7-13(14)20)19-18(24)17(23)16(22)15(9-21)27-19/h2,7-8,11-12,15-19,21-24H,3-6,9H2,1H3/t11-,12-,15-,16-,17+,18-,19+/m1/s1. The van der Waals surface area contributed by atoms with Gasteiger partial charge in [-0.05, 0) is 43.4 Å². The Kier molecular flexibility index (Phi) is 6.97. The molecule has 0 amide bonds. The molecule has 0 aromatic heterocycles. The average molecular weight is 403 g/mol. The number of rotatable bonds is 5. The van der Waals surface area contributed by atoms with E-state index in [1.807, 2.05) is 0 Å². The van der Waals surface area contributed by atoms with Gasteiger partial charge in [-0.2, -0.15) is 0 Å². The van der Waals surface area contributed by atoms with E-state index in [0.717, 1.165) is 25.7 Å². The normalized spacial score (nSPS) is 37.2. The maximum absolute atomic E-state index is 10.3. The first kappa shape index (κ1) is 20.8. The molecule has 8 heteroatoms. The van der Waals surface area contributed by atoms with Crippen LogP contribution in [0.5, 0.6) is 5.75 Å². The van der Waals surface area contributed by atoms with Crippen LogP contribution in [0.25, 0.3) is 0 Å². The molecule has 1 aliphatic carbocycles. The summed E-state index contributed by atoms with van der Waals surface area (Å²) in [5, 5.41) is 40.0. The number of benzene rings is 1. The molecule has 1 saturated carbocycles. The fraction of sp³-hybridized carbons (Fsp3) is 0.684. The van der Waals surface area contributed by atoms with Crippen molar-refractivity contribution in [3.63, 3.8) is 0 Å². The van der Waals surface area contributed by atoms with Crippen molar-refractivity contribution in [3.05, 3.63) is 28.8 Å². The number of halogens is 1. The van der Waals surface area contributed by atoms with Crippen LogP contribution in [-0.4, -0.2) is 70.8 Å². The third-order valence-electron chi connectivity index (χ3n) is 5.42. The lowest BCUT2D eigenvalue weighted by Crippen LogP contribution is -2.55. The van der Waals surface area contributed by atoms with Crippen LogP contribution >= 0.6 is 11.6 Å². The van der Waals surface area contributed by atoms with E-state index in [4.69, 9.17) is 25.8 Å². The van der Waals surface area contributed by atoms with Crippen molar-refractivity contribution < 1.29 is 34.6 Å². The van der Waals surface area contributed by atoms with Crippen molar-refractivity contribution in [3.8, 4) is 5.75 Å². The molecule has 2 fully saturated rings. The zero-order chi connectivity index (χ0) is 19.6. The highest BCUT2D eigenvalue weighted by molar-refractivity contribution is 6.32. The van der Waals surface area contributed by atoms with Crippen LogP contribution < -0.4 is 4.74 Å². The number of hydrogen-bond acceptors (Lipinski definition) is 7. The molecule has 1 aliphatic heterocycles. The summed E-state index contributed by atoms with van der Waals surface area (Å²) < 4.78 is 17.0. The zero-order valence-electron chi connectivity index (χ0n) is 15.2. The monoisotopic (exact) mass is 402 g/mol. The summed E-state index contributed by atoms with van der Waals surface area (Å²) >= 11 is 6.27. The molecule has 0 radical (unpaired) electrons. The van der Waals surface area contributed by atoms with Crippen molar-refractivity contribution in [2.45, 2.75) is 68.4 Å². The van der Waals surface area contributed by atoms with Crippen molar-refractivity contribution in [2.24, 2.45) is 0 Å². The first-order valence-electron chi connectivity index (χ1n) is 9.24. The molecule has 27 heavy (non-hydrogen) atoms. The van der Waals surface area contributed by atoms with Gasteiger partial charge in [0.25, 0.3) is 0 Å². The van der Waals surface area contributed by atoms with E-state index in [9.17, 15) is 20.4 Å². The van der Waals surface area contributed by atoms with Gasteiger partial charge in [0.2, 0.25) is 0 Å². The minimum Gasteiger partial charge on any atom is -0.489 e. The predicted octanol–water partition coefficient (Wildman–Crippen LogP) is 1.19. The molecule has 3 rings (SSSR count). The molecule has 0 bridgehead atoms. The highest BCUT2D eigenvalue weighted by Crippen LogP contribution is 2.37. The summed E-state index contributed by atoms with van der Waals surface area (Å²) in [7, 11) is 1.71. The molecule has 1 saturated heterocycles. The van der Waals surface area contributed by atoms with Crippen molar-refractivity contribution in [1.82, 2.24) is 0 Å². The Morgan fingerprint density at radius 2 is 1.70 bits per heavy atom. The topological polar surface area (TPSA) is 109 Å². The van der Waals surface area contributed by atoms with Gasteiger partial charge < -0.3 is 34.6 Å². The number of methoxy groups -OCH3 is 1. The van der Waals surface area contributed by atoms with Gasteiger partial charge in [-0.1, -0.05) is 17.7 Å². The number of ether oxygens (including phenoxy) is 3. The molecular weight excluding hydrogens is 376 g/mol. The van der Waals surface area contributed by atoms with Crippen molar-refractivity contribution >= 4 is 11.6 Å². The van der Waals surface area contributed by atoms with Crippen LogP contribution in [0.4, 0.5) is 0 Å². The smallest absolute Gasteiger partial charge is 0.138 e. The second kappa shape index (κ2) is 9.05. The Morgan fingerprint density at radius 3 is 2.33 bits per heavy atom. The molecule has 0 unspecified atom stereocenters. The first-order valence-corrected chi connectivity index (χ1v) is 9.61. The Morgan fingerprint density at radius 1 is 1.04 bits per heavy atom. The minimum absolute atomic E-state index is 0.0268. The highest BCUT2D eigenvalue weighted by Gasteiger charge is 2.44. The molecule has 5 atom stereocenters. The third-order valence-corrected chi connectivity index (χ3v) is 5.74. The Bertz CT molecular complexity index is 618. The van der Waals surface area contributed by atoms with Crippen LogP contribution in [0.15, 0.2) is 18.2 Å². The summed E-state index contributed by atoms with van der Waals surface area (Å²) in [6.07, 6.45) is -2.17. The van der Waals surface area contributed by atoms with Crippen molar-refractivity contribution in [2.75, 3.05) is 13.7 Å². The first-order chi connectivity index (χ1) is 12.9. The molecule has 1 heterocycles. The van der Waals surface area contributed by atoms with E-state index in [-0.39, 0.29) is 12.2 Å². The lowest BCUT2D eigenvalue weighted by molar-refractivity contribution is -0.231. The summed E-state index contributed by atoms with van der Waals surface area (Å²) in [4.78, 5) is 0. The van der Waals surface area contributed by atoms with Crippen LogP contribution in [0.1, 0.15) is 37.4 Å². The number of hydrogen-bond donors (Lipinski definition) is 4. The van der Waals surface area contributed by atoms with Crippen LogP contribution in [0.2, 0.25) is 5.02 Å². The third kappa shape index (κ3) is 4.56. The fourth-order valence-electron chi connectivity index (χ4n) is 3.73. The summed E-state index contributed by atoms with van der Waals surface area (Å²) in [6.45, 7) is -0.471. The molecule has 152 valence electrons. The van der Waals surface area contributed by atoms with E-state index in [1.54, 1.807) is 25.3 Å². The highest BCUT2D eigenvalue weighted by atomic mass is 35.5. The quantitative estimate of drug-likeness (QED) is 0.585. The second-order valence-corrected chi connectivity index (χ2v) is 7.60. The fourth-order valence-corrected chi connectivity index (χ4v) is 3.89.